The molecule has 0 unspecified atom stereocenters. The van der Waals surface area contributed by atoms with E-state index in [2.05, 4.69) is 42.1 Å². The molecule has 0 amide bonds. The Hall–Kier alpha value is -1.66. The van der Waals surface area contributed by atoms with Gasteiger partial charge in [0.15, 0.2) is 5.82 Å². The van der Waals surface area contributed by atoms with Crippen LogP contribution in [0.25, 0.3) is 22.4 Å². The molecule has 21 heavy (non-hydrogen) atoms. The Morgan fingerprint density at radius 1 is 1.10 bits per heavy atom. The van der Waals surface area contributed by atoms with Gasteiger partial charge in [0.2, 0.25) is 0 Å². The van der Waals surface area contributed by atoms with Gasteiger partial charge in [0.25, 0.3) is 0 Å². The second-order valence-corrected chi connectivity index (χ2v) is 6.24. The van der Waals surface area contributed by atoms with E-state index in [1.807, 2.05) is 24.3 Å². The molecule has 0 saturated heterocycles. The van der Waals surface area contributed by atoms with Crippen molar-refractivity contribution in [2.45, 2.75) is 0 Å². The molecule has 3 nitrogen and oxygen atoms in total. The number of anilines is 1. The van der Waals surface area contributed by atoms with Gasteiger partial charge < -0.3 is 5.73 Å². The van der Waals surface area contributed by atoms with Crippen LogP contribution in [0.3, 0.4) is 0 Å². The fourth-order valence-corrected chi connectivity index (χ4v) is 2.95. The molecule has 3 aromatic rings. The number of hydrogen-bond acceptors (Lipinski definition) is 2. The Morgan fingerprint density at radius 2 is 1.86 bits per heavy atom. The zero-order valence-electron chi connectivity index (χ0n) is 10.7. The molecule has 3 N–H and O–H groups in total. The summed E-state index contributed by atoms with van der Waals surface area (Å²) in [4.78, 5) is 0. The minimum atomic E-state index is -0.350. The van der Waals surface area contributed by atoms with E-state index < -0.39 is 0 Å². The standard InChI is InChI=1S/C15H10Br2FN3/c16-9-4-1-3-8(7-9)12-14(20-21-15(12)19)10-5-2-6-11(17)13(10)18/h1-7H,(H3,19,20,21). The molecule has 0 aliphatic carbocycles. The molecule has 0 aliphatic heterocycles. The van der Waals surface area contributed by atoms with E-state index in [9.17, 15) is 4.39 Å². The maximum absolute atomic E-state index is 14.3. The summed E-state index contributed by atoms with van der Waals surface area (Å²) in [5, 5.41) is 6.85. The third kappa shape index (κ3) is 2.61. The van der Waals surface area contributed by atoms with Crippen LogP contribution in [0.5, 0.6) is 0 Å². The number of nitrogens with one attached hydrogen (secondary N) is 1. The van der Waals surface area contributed by atoms with Gasteiger partial charge in [0.1, 0.15) is 5.82 Å². The van der Waals surface area contributed by atoms with E-state index in [1.165, 1.54) is 0 Å². The van der Waals surface area contributed by atoms with Crippen molar-refractivity contribution in [3.05, 3.63) is 57.2 Å². The minimum absolute atomic E-state index is 0.336. The van der Waals surface area contributed by atoms with Crippen LogP contribution < -0.4 is 5.73 Å². The number of H-pyrrole nitrogens is 1. The maximum atomic E-state index is 14.3. The summed E-state index contributed by atoms with van der Waals surface area (Å²) in [6, 6.07) is 12.7. The molecular weight excluding hydrogens is 401 g/mol. The summed E-state index contributed by atoms with van der Waals surface area (Å²) < 4.78 is 15.6. The molecule has 2 aromatic carbocycles. The zero-order chi connectivity index (χ0) is 15.0. The smallest absolute Gasteiger partial charge is 0.153 e. The summed E-state index contributed by atoms with van der Waals surface area (Å²) in [5.41, 5.74) is 8.49. The molecule has 0 fully saturated rings. The van der Waals surface area contributed by atoms with Crippen molar-refractivity contribution in [1.29, 1.82) is 0 Å². The van der Waals surface area contributed by atoms with Gasteiger partial charge in [-0.2, -0.15) is 5.10 Å². The van der Waals surface area contributed by atoms with Gasteiger partial charge in [-0.1, -0.05) is 34.1 Å². The molecule has 106 valence electrons. The van der Waals surface area contributed by atoms with E-state index >= 15 is 0 Å². The number of benzene rings is 2. The van der Waals surface area contributed by atoms with Crippen molar-refractivity contribution < 1.29 is 4.39 Å². The van der Waals surface area contributed by atoms with Crippen molar-refractivity contribution in [3.63, 3.8) is 0 Å². The number of aromatic amines is 1. The predicted molar refractivity (Wildman–Crippen MR) is 89.2 cm³/mol. The molecule has 0 aliphatic rings. The average Bonchev–Trinajstić information content (AvgIpc) is 2.83. The van der Waals surface area contributed by atoms with Crippen molar-refractivity contribution >= 4 is 37.7 Å². The van der Waals surface area contributed by atoms with Crippen LogP contribution in [0, 0.1) is 5.82 Å². The van der Waals surface area contributed by atoms with Crippen molar-refractivity contribution in [2.24, 2.45) is 0 Å². The summed E-state index contributed by atoms with van der Waals surface area (Å²) in [7, 11) is 0. The minimum Gasteiger partial charge on any atom is -0.382 e. The highest BCUT2D eigenvalue weighted by Gasteiger charge is 2.18. The van der Waals surface area contributed by atoms with E-state index in [0.29, 0.717) is 27.1 Å². The third-order valence-electron chi connectivity index (χ3n) is 3.13. The number of aromatic nitrogens is 2. The van der Waals surface area contributed by atoms with Crippen LogP contribution in [0.15, 0.2) is 51.4 Å². The van der Waals surface area contributed by atoms with Gasteiger partial charge in [-0.25, -0.2) is 4.39 Å². The Morgan fingerprint density at radius 3 is 2.62 bits per heavy atom. The highest BCUT2D eigenvalue weighted by molar-refractivity contribution is 9.10. The van der Waals surface area contributed by atoms with Crippen LogP contribution in [-0.4, -0.2) is 10.2 Å². The number of halogens is 3. The van der Waals surface area contributed by atoms with Crippen LogP contribution in [0.1, 0.15) is 0 Å². The van der Waals surface area contributed by atoms with Crippen molar-refractivity contribution in [2.75, 3.05) is 5.73 Å². The third-order valence-corrected chi connectivity index (χ3v) is 4.23. The Labute approximate surface area is 137 Å². The number of nitrogens with zero attached hydrogens (tertiary/aromatic N) is 1. The number of rotatable bonds is 2. The first kappa shape index (κ1) is 14.3. The molecule has 6 heteroatoms. The van der Waals surface area contributed by atoms with Gasteiger partial charge >= 0.3 is 0 Å². The SMILES string of the molecule is Nc1n[nH]c(-c2cccc(Br)c2F)c1-c1cccc(Br)c1. The summed E-state index contributed by atoms with van der Waals surface area (Å²) in [6.45, 7) is 0. The topological polar surface area (TPSA) is 54.7 Å². The second kappa shape index (κ2) is 5.61. The Kier molecular flexibility index (Phi) is 3.82. The van der Waals surface area contributed by atoms with Gasteiger partial charge in [-0.3, -0.25) is 5.10 Å². The quantitative estimate of drug-likeness (QED) is 0.625. The summed E-state index contributed by atoms with van der Waals surface area (Å²) >= 11 is 6.62. The van der Waals surface area contributed by atoms with Crippen LogP contribution in [0.2, 0.25) is 0 Å². The zero-order valence-corrected chi connectivity index (χ0v) is 13.9. The number of hydrogen-bond donors (Lipinski definition) is 2. The first-order valence-electron chi connectivity index (χ1n) is 6.12. The Balaban J connectivity index is 2.24. The molecule has 0 atom stereocenters. The first-order valence-corrected chi connectivity index (χ1v) is 7.70. The lowest BCUT2D eigenvalue weighted by atomic mass is 10.0. The predicted octanol–water partition coefficient (Wildman–Crippen LogP) is 4.99. The van der Waals surface area contributed by atoms with Gasteiger partial charge in [-0.05, 0) is 45.8 Å². The Bertz CT molecular complexity index is 814. The van der Waals surface area contributed by atoms with Gasteiger partial charge in [0, 0.05) is 10.0 Å². The summed E-state index contributed by atoms with van der Waals surface area (Å²) in [6.07, 6.45) is 0. The lowest BCUT2D eigenvalue weighted by Gasteiger charge is -2.07. The van der Waals surface area contributed by atoms with Crippen molar-refractivity contribution in [1.82, 2.24) is 10.2 Å². The lowest BCUT2D eigenvalue weighted by molar-refractivity contribution is 0.624. The molecule has 0 bridgehead atoms. The average molecular weight is 411 g/mol. The molecule has 1 aromatic heterocycles. The molecule has 1 heterocycles. The second-order valence-electron chi connectivity index (χ2n) is 4.47. The van der Waals surface area contributed by atoms with E-state index in [4.69, 9.17) is 5.73 Å². The van der Waals surface area contributed by atoms with E-state index in [-0.39, 0.29) is 5.82 Å². The van der Waals surface area contributed by atoms with Gasteiger partial charge in [0.05, 0.1) is 15.7 Å². The number of nitrogens with two attached hydrogens (primary N) is 1. The monoisotopic (exact) mass is 409 g/mol. The lowest BCUT2D eigenvalue weighted by Crippen LogP contribution is -1.91. The van der Waals surface area contributed by atoms with Crippen molar-refractivity contribution in [3.8, 4) is 22.4 Å². The molecular formula is C15H10Br2FN3. The van der Waals surface area contributed by atoms with E-state index in [1.54, 1.807) is 18.2 Å². The molecule has 0 radical (unpaired) electrons. The molecule has 0 spiro atoms. The number of nitrogen functional groups attached to an aromatic ring is 1. The highest BCUT2D eigenvalue weighted by Crippen LogP contribution is 2.37. The largest absolute Gasteiger partial charge is 0.382 e. The van der Waals surface area contributed by atoms with Gasteiger partial charge in [-0.15, -0.1) is 0 Å². The fraction of sp³-hybridized carbons (Fsp3) is 0. The molecule has 3 rings (SSSR count). The first-order chi connectivity index (χ1) is 10.1. The van der Waals surface area contributed by atoms with E-state index in [0.717, 1.165) is 10.0 Å². The van der Waals surface area contributed by atoms with Crippen LogP contribution >= 0.6 is 31.9 Å². The normalized spacial score (nSPS) is 10.8. The molecule has 0 saturated carbocycles. The fourth-order valence-electron chi connectivity index (χ4n) is 2.18. The maximum Gasteiger partial charge on any atom is 0.153 e. The van der Waals surface area contributed by atoms with Crippen LogP contribution in [0.4, 0.5) is 10.2 Å². The van der Waals surface area contributed by atoms with Crippen LogP contribution in [-0.2, 0) is 0 Å². The summed E-state index contributed by atoms with van der Waals surface area (Å²) in [5.74, 6) is -0.0140. The highest BCUT2D eigenvalue weighted by atomic mass is 79.9.